The summed E-state index contributed by atoms with van der Waals surface area (Å²) >= 11 is 0. The summed E-state index contributed by atoms with van der Waals surface area (Å²) in [5.41, 5.74) is -0.103. The predicted molar refractivity (Wildman–Crippen MR) is 107 cm³/mol. The molecule has 0 atom stereocenters. The van der Waals surface area contributed by atoms with Gasteiger partial charge in [-0.3, -0.25) is 0 Å². The van der Waals surface area contributed by atoms with E-state index in [-0.39, 0.29) is 12.1 Å². The maximum atomic E-state index is 12.7. The molecule has 0 spiro atoms. The van der Waals surface area contributed by atoms with Crippen molar-refractivity contribution >= 4 is 10.0 Å². The van der Waals surface area contributed by atoms with E-state index in [1.807, 2.05) is 24.3 Å². The highest BCUT2D eigenvalue weighted by Gasteiger charge is 2.37. The molecule has 0 aliphatic carbocycles. The van der Waals surface area contributed by atoms with Gasteiger partial charge in [0.25, 0.3) is 0 Å². The van der Waals surface area contributed by atoms with Gasteiger partial charge >= 0.3 is 6.18 Å². The van der Waals surface area contributed by atoms with E-state index in [4.69, 9.17) is 9.47 Å². The van der Waals surface area contributed by atoms with Gasteiger partial charge in [-0.2, -0.15) is 13.2 Å². The Bertz CT molecular complexity index is 953. The third-order valence-electron chi connectivity index (χ3n) is 5.40. The number of rotatable bonds is 7. The second-order valence-corrected chi connectivity index (χ2v) is 9.17. The van der Waals surface area contributed by atoms with Crippen LogP contribution >= 0.6 is 0 Å². The SMILES string of the molecule is COc1ccccc1C1(CNS(=O)(=O)Cc2ccc(C(F)(F)F)cc2)CCOCC1. The van der Waals surface area contributed by atoms with E-state index in [0.29, 0.717) is 31.8 Å². The van der Waals surface area contributed by atoms with Crippen molar-refractivity contribution in [2.45, 2.75) is 30.2 Å². The van der Waals surface area contributed by atoms with Gasteiger partial charge in [0.2, 0.25) is 10.0 Å². The first-order valence-corrected chi connectivity index (χ1v) is 11.2. The fourth-order valence-corrected chi connectivity index (χ4v) is 4.92. The van der Waals surface area contributed by atoms with Crippen LogP contribution < -0.4 is 9.46 Å². The highest BCUT2D eigenvalue weighted by Crippen LogP contribution is 2.39. The second-order valence-electron chi connectivity index (χ2n) is 7.37. The van der Waals surface area contributed by atoms with Crippen molar-refractivity contribution in [3.8, 4) is 5.75 Å². The van der Waals surface area contributed by atoms with Crippen LogP contribution in [0, 0.1) is 0 Å². The topological polar surface area (TPSA) is 64.6 Å². The van der Waals surface area contributed by atoms with Gasteiger partial charge in [-0.25, -0.2) is 13.1 Å². The second kappa shape index (κ2) is 8.95. The van der Waals surface area contributed by atoms with Gasteiger partial charge in [0, 0.05) is 30.7 Å². The lowest BCUT2D eigenvalue weighted by molar-refractivity contribution is -0.137. The van der Waals surface area contributed by atoms with Gasteiger partial charge in [0.15, 0.2) is 0 Å². The standard InChI is InChI=1S/C21H24F3NO4S/c1-28-19-5-3-2-4-18(19)20(10-12-29-13-11-20)15-25-30(26,27)14-16-6-8-17(9-7-16)21(22,23)24/h2-9,25H,10-15H2,1H3. The van der Waals surface area contributed by atoms with E-state index in [1.165, 1.54) is 12.1 Å². The molecule has 1 N–H and O–H groups in total. The molecule has 5 nitrogen and oxygen atoms in total. The van der Waals surface area contributed by atoms with Crippen LogP contribution in [0.2, 0.25) is 0 Å². The molecule has 0 unspecified atom stereocenters. The number of methoxy groups -OCH3 is 1. The van der Waals surface area contributed by atoms with Crippen LogP contribution in [-0.4, -0.2) is 35.3 Å². The van der Waals surface area contributed by atoms with E-state index in [9.17, 15) is 21.6 Å². The molecule has 1 aliphatic heterocycles. The smallest absolute Gasteiger partial charge is 0.416 e. The Hall–Kier alpha value is -2.10. The highest BCUT2D eigenvalue weighted by molar-refractivity contribution is 7.88. The zero-order valence-corrected chi connectivity index (χ0v) is 17.4. The molecule has 0 amide bonds. The molecular formula is C21H24F3NO4S. The number of alkyl halides is 3. The summed E-state index contributed by atoms with van der Waals surface area (Å²) in [7, 11) is -2.19. The fourth-order valence-electron chi connectivity index (χ4n) is 3.69. The van der Waals surface area contributed by atoms with E-state index < -0.39 is 32.9 Å². The van der Waals surface area contributed by atoms with Crippen LogP contribution in [0.15, 0.2) is 48.5 Å². The van der Waals surface area contributed by atoms with Crippen molar-refractivity contribution in [2.75, 3.05) is 26.9 Å². The highest BCUT2D eigenvalue weighted by atomic mass is 32.2. The zero-order chi connectivity index (χ0) is 21.8. The minimum absolute atomic E-state index is 0.152. The molecule has 1 saturated heterocycles. The van der Waals surface area contributed by atoms with Crippen molar-refractivity contribution in [1.29, 1.82) is 0 Å². The van der Waals surface area contributed by atoms with Crippen LogP contribution in [0.4, 0.5) is 13.2 Å². The van der Waals surface area contributed by atoms with E-state index in [0.717, 1.165) is 17.7 Å². The Labute approximate surface area is 174 Å². The monoisotopic (exact) mass is 443 g/mol. The van der Waals surface area contributed by atoms with Crippen molar-refractivity contribution in [3.63, 3.8) is 0 Å². The zero-order valence-electron chi connectivity index (χ0n) is 16.5. The molecule has 0 saturated carbocycles. The van der Waals surface area contributed by atoms with Crippen molar-refractivity contribution in [2.24, 2.45) is 0 Å². The molecule has 3 rings (SSSR count). The van der Waals surface area contributed by atoms with Crippen molar-refractivity contribution < 1.29 is 31.1 Å². The van der Waals surface area contributed by atoms with E-state index >= 15 is 0 Å². The number of para-hydroxylation sites is 1. The normalized spacial score (nSPS) is 16.9. The molecule has 0 bridgehead atoms. The summed E-state index contributed by atoms with van der Waals surface area (Å²) in [6, 6.07) is 11.6. The lowest BCUT2D eigenvalue weighted by atomic mass is 9.74. The van der Waals surface area contributed by atoms with E-state index in [2.05, 4.69) is 4.72 Å². The largest absolute Gasteiger partial charge is 0.496 e. The minimum atomic E-state index is -4.46. The van der Waals surface area contributed by atoms with Crippen LogP contribution in [0.1, 0.15) is 29.5 Å². The first kappa shape index (κ1) is 22.6. The van der Waals surface area contributed by atoms with Crippen LogP contribution in [0.3, 0.4) is 0 Å². The number of benzene rings is 2. The number of hydrogen-bond acceptors (Lipinski definition) is 4. The molecule has 2 aromatic carbocycles. The summed E-state index contributed by atoms with van der Waals surface area (Å²) < 4.78 is 77.0. The maximum absolute atomic E-state index is 12.7. The molecule has 1 fully saturated rings. The molecular weight excluding hydrogens is 419 g/mol. The first-order valence-electron chi connectivity index (χ1n) is 9.50. The number of ether oxygens (including phenoxy) is 2. The summed E-state index contributed by atoms with van der Waals surface area (Å²) in [6.45, 7) is 1.15. The predicted octanol–water partition coefficient (Wildman–Crippen LogP) is 3.88. The Morgan fingerprint density at radius 3 is 2.30 bits per heavy atom. The summed E-state index contributed by atoms with van der Waals surface area (Å²) in [5.74, 6) is 0.283. The van der Waals surface area contributed by atoms with Crippen LogP contribution in [0.25, 0.3) is 0 Å². The molecule has 1 heterocycles. The molecule has 0 radical (unpaired) electrons. The number of hydrogen-bond donors (Lipinski definition) is 1. The van der Waals surface area contributed by atoms with Gasteiger partial charge in [0.05, 0.1) is 18.4 Å². The van der Waals surface area contributed by atoms with E-state index in [1.54, 1.807) is 7.11 Å². The van der Waals surface area contributed by atoms with Crippen molar-refractivity contribution in [3.05, 3.63) is 65.2 Å². The molecule has 9 heteroatoms. The average Bonchev–Trinajstić information content (AvgIpc) is 2.72. The number of halogens is 3. The number of nitrogens with one attached hydrogen (secondary N) is 1. The van der Waals surface area contributed by atoms with Crippen LogP contribution in [0.5, 0.6) is 5.75 Å². The number of sulfonamides is 1. The minimum Gasteiger partial charge on any atom is -0.496 e. The van der Waals surface area contributed by atoms with Gasteiger partial charge in [-0.05, 0) is 36.6 Å². The molecule has 30 heavy (non-hydrogen) atoms. The van der Waals surface area contributed by atoms with Gasteiger partial charge < -0.3 is 9.47 Å². The summed E-state index contributed by atoms with van der Waals surface area (Å²) in [4.78, 5) is 0. The quantitative estimate of drug-likeness (QED) is 0.706. The molecule has 0 aromatic heterocycles. The summed E-state index contributed by atoms with van der Waals surface area (Å²) in [6.07, 6.45) is -3.22. The van der Waals surface area contributed by atoms with Gasteiger partial charge in [-0.15, -0.1) is 0 Å². The average molecular weight is 443 g/mol. The fraction of sp³-hybridized carbons (Fsp3) is 0.429. The molecule has 1 aliphatic rings. The van der Waals surface area contributed by atoms with Gasteiger partial charge in [-0.1, -0.05) is 30.3 Å². The third kappa shape index (κ3) is 5.33. The van der Waals surface area contributed by atoms with Crippen LogP contribution in [-0.2, 0) is 32.1 Å². The Kier molecular flexibility index (Phi) is 6.74. The third-order valence-corrected chi connectivity index (χ3v) is 6.69. The van der Waals surface area contributed by atoms with Gasteiger partial charge in [0.1, 0.15) is 5.75 Å². The maximum Gasteiger partial charge on any atom is 0.416 e. The Balaban J connectivity index is 1.76. The molecule has 164 valence electrons. The summed E-state index contributed by atoms with van der Waals surface area (Å²) in [5, 5.41) is 0. The lowest BCUT2D eigenvalue weighted by Gasteiger charge is -2.38. The first-order chi connectivity index (χ1) is 14.2. The Morgan fingerprint density at radius 1 is 1.07 bits per heavy atom. The lowest BCUT2D eigenvalue weighted by Crippen LogP contribution is -2.45. The Morgan fingerprint density at radius 2 is 1.70 bits per heavy atom. The van der Waals surface area contributed by atoms with Crippen molar-refractivity contribution in [1.82, 2.24) is 4.72 Å². The molecule has 2 aromatic rings.